The molecule has 3 aromatic carbocycles. The molecule has 0 saturated heterocycles. The highest BCUT2D eigenvalue weighted by Gasteiger charge is 2.10. The number of benzene rings is 3. The number of hydrogen-bond donors (Lipinski definition) is 1. The second kappa shape index (κ2) is 11.0. The van der Waals surface area contributed by atoms with E-state index < -0.39 is 5.91 Å². The lowest BCUT2D eigenvalue weighted by molar-refractivity contribution is 0.0955. The van der Waals surface area contributed by atoms with Crippen LogP contribution in [0.1, 0.15) is 28.4 Å². The van der Waals surface area contributed by atoms with Gasteiger partial charge in [0.15, 0.2) is 11.5 Å². The zero-order valence-electron chi connectivity index (χ0n) is 16.6. The molecule has 31 heavy (non-hydrogen) atoms. The molecule has 0 bridgehead atoms. The highest BCUT2D eigenvalue weighted by atomic mass is 35.5. The Hall–Kier alpha value is -2.73. The number of halogens is 3. The standard InChI is InChI=1S/C23H19Cl3N2O3/c1-2-30-22-11-15(7-10-21(22)31-14-16-5-3-4-6-19(16)25)13-27-28-23(29)18-9-8-17(24)12-20(18)26/h3-13H,2,14H2,1H3,(H,28,29)/b27-13+. The quantitative estimate of drug-likeness (QED) is 0.302. The van der Waals surface area contributed by atoms with E-state index >= 15 is 0 Å². The summed E-state index contributed by atoms with van der Waals surface area (Å²) in [6.07, 6.45) is 1.50. The average Bonchev–Trinajstić information content (AvgIpc) is 2.74. The summed E-state index contributed by atoms with van der Waals surface area (Å²) in [6, 6.07) is 17.5. The first-order valence-corrected chi connectivity index (χ1v) is 10.5. The van der Waals surface area contributed by atoms with Gasteiger partial charge < -0.3 is 9.47 Å². The van der Waals surface area contributed by atoms with E-state index in [1.54, 1.807) is 24.3 Å². The summed E-state index contributed by atoms with van der Waals surface area (Å²) in [5.74, 6) is 0.698. The van der Waals surface area contributed by atoms with Crippen molar-refractivity contribution in [2.75, 3.05) is 6.61 Å². The van der Waals surface area contributed by atoms with E-state index in [0.29, 0.717) is 34.8 Å². The van der Waals surface area contributed by atoms with Crippen molar-refractivity contribution in [1.29, 1.82) is 0 Å². The maximum Gasteiger partial charge on any atom is 0.272 e. The van der Waals surface area contributed by atoms with Crippen LogP contribution in [0.4, 0.5) is 0 Å². The highest BCUT2D eigenvalue weighted by molar-refractivity contribution is 6.36. The van der Waals surface area contributed by atoms with Crippen LogP contribution >= 0.6 is 34.8 Å². The Labute approximate surface area is 195 Å². The molecule has 0 unspecified atom stereocenters. The predicted molar refractivity (Wildman–Crippen MR) is 125 cm³/mol. The molecule has 0 spiro atoms. The van der Waals surface area contributed by atoms with Crippen molar-refractivity contribution in [1.82, 2.24) is 5.43 Å². The lowest BCUT2D eigenvalue weighted by atomic mass is 10.2. The maximum absolute atomic E-state index is 12.2. The Kier molecular flexibility index (Phi) is 8.18. The number of hydrogen-bond acceptors (Lipinski definition) is 4. The minimum absolute atomic E-state index is 0.249. The van der Waals surface area contributed by atoms with Crippen molar-refractivity contribution >= 4 is 46.9 Å². The van der Waals surface area contributed by atoms with Crippen molar-refractivity contribution in [2.24, 2.45) is 5.10 Å². The first-order valence-electron chi connectivity index (χ1n) is 9.39. The largest absolute Gasteiger partial charge is 0.490 e. The Bertz CT molecular complexity index is 1100. The van der Waals surface area contributed by atoms with E-state index in [0.717, 1.165) is 11.1 Å². The molecule has 0 radical (unpaired) electrons. The number of carbonyl (C=O) groups excluding carboxylic acids is 1. The lowest BCUT2D eigenvalue weighted by Crippen LogP contribution is -2.18. The second-order valence-corrected chi connectivity index (χ2v) is 7.59. The SMILES string of the molecule is CCOc1cc(/C=N/NC(=O)c2ccc(Cl)cc2Cl)ccc1OCc1ccccc1Cl. The average molecular weight is 478 g/mol. The molecule has 0 atom stereocenters. The minimum atomic E-state index is -0.442. The van der Waals surface area contributed by atoms with E-state index in [-0.39, 0.29) is 10.6 Å². The molecular formula is C23H19Cl3N2O3. The molecule has 0 aliphatic carbocycles. The van der Waals surface area contributed by atoms with Crippen LogP contribution in [0.2, 0.25) is 15.1 Å². The van der Waals surface area contributed by atoms with Gasteiger partial charge in [-0.25, -0.2) is 5.43 Å². The number of amides is 1. The number of carbonyl (C=O) groups is 1. The van der Waals surface area contributed by atoms with Gasteiger partial charge in [-0.15, -0.1) is 0 Å². The first-order chi connectivity index (χ1) is 15.0. The Morgan fingerprint density at radius 1 is 0.968 bits per heavy atom. The zero-order valence-corrected chi connectivity index (χ0v) is 18.8. The van der Waals surface area contributed by atoms with Gasteiger partial charge in [0.25, 0.3) is 5.91 Å². The van der Waals surface area contributed by atoms with Crippen molar-refractivity contribution in [3.8, 4) is 11.5 Å². The molecule has 3 rings (SSSR count). The molecule has 8 heteroatoms. The van der Waals surface area contributed by atoms with E-state index in [4.69, 9.17) is 44.3 Å². The summed E-state index contributed by atoms with van der Waals surface area (Å²) in [6.45, 7) is 2.66. The van der Waals surface area contributed by atoms with Gasteiger partial charge in [0.2, 0.25) is 0 Å². The van der Waals surface area contributed by atoms with Crippen LogP contribution in [-0.4, -0.2) is 18.7 Å². The summed E-state index contributed by atoms with van der Waals surface area (Å²) >= 11 is 18.1. The molecule has 0 aliphatic heterocycles. The van der Waals surface area contributed by atoms with Crippen LogP contribution in [0.15, 0.2) is 65.8 Å². The van der Waals surface area contributed by atoms with Gasteiger partial charge in [-0.1, -0.05) is 53.0 Å². The monoisotopic (exact) mass is 476 g/mol. The summed E-state index contributed by atoms with van der Waals surface area (Å²) in [7, 11) is 0. The smallest absolute Gasteiger partial charge is 0.272 e. The molecule has 1 N–H and O–H groups in total. The number of nitrogens with one attached hydrogen (secondary N) is 1. The molecule has 0 aliphatic rings. The van der Waals surface area contributed by atoms with Crippen LogP contribution in [-0.2, 0) is 6.61 Å². The van der Waals surface area contributed by atoms with Crippen LogP contribution in [0.25, 0.3) is 0 Å². The van der Waals surface area contributed by atoms with Gasteiger partial charge in [0.1, 0.15) is 6.61 Å². The molecule has 160 valence electrons. The minimum Gasteiger partial charge on any atom is -0.490 e. The molecular weight excluding hydrogens is 459 g/mol. The van der Waals surface area contributed by atoms with E-state index in [9.17, 15) is 4.79 Å². The summed E-state index contributed by atoms with van der Waals surface area (Å²) < 4.78 is 11.6. The third-order valence-corrected chi connectivity index (χ3v) is 5.08. The summed E-state index contributed by atoms with van der Waals surface area (Å²) in [5.41, 5.74) is 4.32. The Morgan fingerprint density at radius 2 is 1.77 bits per heavy atom. The molecule has 0 saturated carbocycles. The van der Waals surface area contributed by atoms with Gasteiger partial charge in [-0.2, -0.15) is 5.10 Å². The highest BCUT2D eigenvalue weighted by Crippen LogP contribution is 2.29. The van der Waals surface area contributed by atoms with Gasteiger partial charge in [0.05, 0.1) is 23.4 Å². The van der Waals surface area contributed by atoms with E-state index in [1.807, 2.05) is 31.2 Å². The van der Waals surface area contributed by atoms with Crippen molar-refractivity contribution in [3.63, 3.8) is 0 Å². The summed E-state index contributed by atoms with van der Waals surface area (Å²) in [5, 5.41) is 5.33. The predicted octanol–water partition coefficient (Wildman–Crippen LogP) is 6.39. The van der Waals surface area contributed by atoms with Gasteiger partial charge >= 0.3 is 0 Å². The molecule has 3 aromatic rings. The number of nitrogens with zero attached hydrogens (tertiary/aromatic N) is 1. The van der Waals surface area contributed by atoms with Crippen molar-refractivity contribution in [2.45, 2.75) is 13.5 Å². The Balaban J connectivity index is 1.68. The fraction of sp³-hybridized carbons (Fsp3) is 0.130. The molecule has 5 nitrogen and oxygen atoms in total. The van der Waals surface area contributed by atoms with Crippen LogP contribution in [0.3, 0.4) is 0 Å². The third-order valence-electron chi connectivity index (χ3n) is 4.16. The van der Waals surface area contributed by atoms with Gasteiger partial charge in [-0.05, 0) is 55.0 Å². The molecule has 1 amide bonds. The van der Waals surface area contributed by atoms with E-state index in [1.165, 1.54) is 18.3 Å². The molecule has 0 fully saturated rings. The number of hydrazone groups is 1. The fourth-order valence-electron chi connectivity index (χ4n) is 2.66. The normalized spacial score (nSPS) is 10.8. The first kappa shape index (κ1) is 22.9. The zero-order chi connectivity index (χ0) is 22.2. The second-order valence-electron chi connectivity index (χ2n) is 6.34. The number of ether oxygens (including phenoxy) is 2. The van der Waals surface area contributed by atoms with Crippen LogP contribution < -0.4 is 14.9 Å². The van der Waals surface area contributed by atoms with Crippen molar-refractivity contribution < 1.29 is 14.3 Å². The fourth-order valence-corrected chi connectivity index (χ4v) is 3.35. The third kappa shape index (κ3) is 6.37. The van der Waals surface area contributed by atoms with Gasteiger partial charge in [-0.3, -0.25) is 4.79 Å². The molecule has 0 heterocycles. The van der Waals surface area contributed by atoms with E-state index in [2.05, 4.69) is 10.5 Å². The van der Waals surface area contributed by atoms with Crippen molar-refractivity contribution in [3.05, 3.63) is 92.4 Å². The van der Waals surface area contributed by atoms with Crippen LogP contribution in [0.5, 0.6) is 11.5 Å². The number of rotatable bonds is 8. The van der Waals surface area contributed by atoms with Gasteiger partial charge in [0, 0.05) is 15.6 Å². The van der Waals surface area contributed by atoms with Crippen LogP contribution in [0, 0.1) is 0 Å². The topological polar surface area (TPSA) is 59.9 Å². The summed E-state index contributed by atoms with van der Waals surface area (Å²) in [4.78, 5) is 12.2. The maximum atomic E-state index is 12.2. The molecule has 0 aromatic heterocycles. The lowest BCUT2D eigenvalue weighted by Gasteiger charge is -2.13. The Morgan fingerprint density at radius 3 is 2.52 bits per heavy atom.